The Morgan fingerprint density at radius 3 is 2.63 bits per heavy atom. The van der Waals surface area contributed by atoms with Gasteiger partial charge in [0.05, 0.1) is 5.03 Å². The van der Waals surface area contributed by atoms with E-state index in [0.29, 0.717) is 0 Å². The number of thioether (sulfide) groups is 1. The van der Waals surface area contributed by atoms with E-state index in [1.54, 1.807) is 0 Å². The van der Waals surface area contributed by atoms with Crippen LogP contribution in [0.25, 0.3) is 0 Å². The molecule has 0 bridgehead atoms. The number of nitrogens with zero attached hydrogens (tertiary/aromatic N) is 1. The standard InChI is InChI=1S/C22H22F3NS/c1-17-5-4-6-18(15-17)16-26-13-3-2-7-21(26)27-14-12-22(24,25)19-8-10-20(23)11-9-19/h2-11,15H,12-14,16H2,1H3. The van der Waals surface area contributed by atoms with E-state index in [0.717, 1.165) is 42.4 Å². The van der Waals surface area contributed by atoms with Gasteiger partial charge in [0.2, 0.25) is 0 Å². The summed E-state index contributed by atoms with van der Waals surface area (Å²) in [6.45, 7) is 3.57. The highest BCUT2D eigenvalue weighted by Gasteiger charge is 2.31. The van der Waals surface area contributed by atoms with Gasteiger partial charge in [-0.15, -0.1) is 11.8 Å². The molecular weight excluding hydrogens is 367 g/mol. The molecule has 1 heterocycles. The highest BCUT2D eigenvalue weighted by molar-refractivity contribution is 8.03. The van der Waals surface area contributed by atoms with Crippen molar-refractivity contribution in [3.8, 4) is 0 Å². The second kappa shape index (κ2) is 8.70. The molecular formula is C22H22F3NS. The molecule has 0 fully saturated rings. The van der Waals surface area contributed by atoms with Crippen molar-refractivity contribution in [2.45, 2.75) is 25.8 Å². The molecule has 27 heavy (non-hydrogen) atoms. The van der Waals surface area contributed by atoms with Crippen molar-refractivity contribution in [1.29, 1.82) is 0 Å². The SMILES string of the molecule is Cc1cccc(CN2CC=CC=C2SCCC(F)(F)c2ccc(F)cc2)c1. The van der Waals surface area contributed by atoms with Crippen LogP contribution < -0.4 is 0 Å². The molecule has 3 rings (SSSR count). The quantitative estimate of drug-likeness (QED) is 0.550. The van der Waals surface area contributed by atoms with E-state index in [1.165, 1.54) is 22.9 Å². The van der Waals surface area contributed by atoms with Crippen LogP contribution in [-0.4, -0.2) is 17.2 Å². The van der Waals surface area contributed by atoms with E-state index < -0.39 is 11.7 Å². The Hall–Kier alpha value is -2.14. The Kier molecular flexibility index (Phi) is 6.32. The zero-order valence-electron chi connectivity index (χ0n) is 15.2. The van der Waals surface area contributed by atoms with Crippen molar-refractivity contribution in [3.63, 3.8) is 0 Å². The molecule has 0 amide bonds. The Morgan fingerprint density at radius 1 is 1.11 bits per heavy atom. The average Bonchev–Trinajstić information content (AvgIpc) is 2.63. The summed E-state index contributed by atoms with van der Waals surface area (Å²) in [7, 11) is 0. The molecule has 1 aliphatic rings. The highest BCUT2D eigenvalue weighted by atomic mass is 32.2. The maximum absolute atomic E-state index is 14.3. The lowest BCUT2D eigenvalue weighted by Gasteiger charge is -2.28. The zero-order chi connectivity index (χ0) is 19.3. The fraction of sp³-hybridized carbons (Fsp3) is 0.273. The molecule has 0 unspecified atom stereocenters. The first kappa shape index (κ1) is 19.6. The fourth-order valence-electron chi connectivity index (χ4n) is 2.97. The van der Waals surface area contributed by atoms with Gasteiger partial charge in [0.25, 0.3) is 5.92 Å². The van der Waals surface area contributed by atoms with Gasteiger partial charge in [0, 0.05) is 30.8 Å². The van der Waals surface area contributed by atoms with Gasteiger partial charge in [-0.2, -0.15) is 0 Å². The number of hydrogen-bond acceptors (Lipinski definition) is 2. The summed E-state index contributed by atoms with van der Waals surface area (Å²) in [4.78, 5) is 2.19. The van der Waals surface area contributed by atoms with Crippen molar-refractivity contribution < 1.29 is 13.2 Å². The third-order valence-corrected chi connectivity index (χ3v) is 5.50. The molecule has 0 aromatic heterocycles. The summed E-state index contributed by atoms with van der Waals surface area (Å²) in [5.74, 6) is -3.18. The van der Waals surface area contributed by atoms with Crippen LogP contribution in [0.3, 0.4) is 0 Å². The summed E-state index contributed by atoms with van der Waals surface area (Å²) in [5, 5.41) is 0.994. The molecule has 2 aromatic rings. The second-order valence-electron chi connectivity index (χ2n) is 6.61. The third kappa shape index (κ3) is 5.42. The summed E-state index contributed by atoms with van der Waals surface area (Å²) < 4.78 is 41.6. The molecule has 0 spiro atoms. The number of alkyl halides is 2. The topological polar surface area (TPSA) is 3.24 Å². The van der Waals surface area contributed by atoms with Crippen LogP contribution in [0, 0.1) is 12.7 Å². The summed E-state index contributed by atoms with van der Waals surface area (Å²) in [5.41, 5.74) is 2.27. The van der Waals surface area contributed by atoms with Crippen LogP contribution in [0.5, 0.6) is 0 Å². The minimum Gasteiger partial charge on any atom is -0.358 e. The maximum atomic E-state index is 14.3. The first-order valence-corrected chi connectivity index (χ1v) is 9.86. The lowest BCUT2D eigenvalue weighted by Crippen LogP contribution is -2.23. The molecule has 1 nitrogen and oxygen atoms in total. The van der Waals surface area contributed by atoms with E-state index in [1.807, 2.05) is 18.2 Å². The Labute approximate surface area is 162 Å². The lowest BCUT2D eigenvalue weighted by molar-refractivity contribution is -0.00706. The van der Waals surface area contributed by atoms with Gasteiger partial charge in [0.15, 0.2) is 0 Å². The summed E-state index contributed by atoms with van der Waals surface area (Å²) >= 11 is 1.44. The van der Waals surface area contributed by atoms with E-state index in [9.17, 15) is 13.2 Å². The van der Waals surface area contributed by atoms with E-state index in [2.05, 4.69) is 36.1 Å². The first-order valence-electron chi connectivity index (χ1n) is 8.88. The molecule has 142 valence electrons. The molecule has 0 N–H and O–H groups in total. The van der Waals surface area contributed by atoms with E-state index in [4.69, 9.17) is 0 Å². The smallest absolute Gasteiger partial charge is 0.274 e. The van der Waals surface area contributed by atoms with Crippen molar-refractivity contribution >= 4 is 11.8 Å². The number of aryl methyl sites for hydroxylation is 1. The third-order valence-electron chi connectivity index (χ3n) is 4.40. The molecule has 0 atom stereocenters. The van der Waals surface area contributed by atoms with Crippen LogP contribution in [0.15, 0.2) is 71.8 Å². The van der Waals surface area contributed by atoms with Crippen LogP contribution >= 0.6 is 11.8 Å². The highest BCUT2D eigenvalue weighted by Crippen LogP contribution is 2.35. The van der Waals surface area contributed by atoms with E-state index >= 15 is 0 Å². The van der Waals surface area contributed by atoms with Gasteiger partial charge >= 0.3 is 0 Å². The monoisotopic (exact) mass is 389 g/mol. The molecule has 2 aromatic carbocycles. The number of hydrogen-bond donors (Lipinski definition) is 0. The molecule has 0 saturated heterocycles. The van der Waals surface area contributed by atoms with Gasteiger partial charge in [-0.1, -0.05) is 54.1 Å². The first-order chi connectivity index (χ1) is 12.9. The van der Waals surface area contributed by atoms with Gasteiger partial charge in [0.1, 0.15) is 5.82 Å². The number of allylic oxidation sites excluding steroid dienone is 2. The normalized spacial score (nSPS) is 14.4. The average molecular weight is 389 g/mol. The van der Waals surface area contributed by atoms with Crippen LogP contribution in [0.1, 0.15) is 23.1 Å². The fourth-order valence-corrected chi connectivity index (χ4v) is 4.03. The molecule has 0 saturated carbocycles. The minimum atomic E-state index is -2.97. The molecule has 1 aliphatic heterocycles. The largest absolute Gasteiger partial charge is 0.358 e. The Morgan fingerprint density at radius 2 is 1.89 bits per heavy atom. The Bertz CT molecular complexity index is 828. The van der Waals surface area contributed by atoms with Gasteiger partial charge in [-0.05, 0) is 30.7 Å². The lowest BCUT2D eigenvalue weighted by atomic mass is 10.1. The number of rotatable bonds is 7. The Balaban J connectivity index is 1.59. The van der Waals surface area contributed by atoms with Crippen molar-refractivity contribution in [2.24, 2.45) is 0 Å². The summed E-state index contributed by atoms with van der Waals surface area (Å²) in [6.07, 6.45) is 5.71. The van der Waals surface area contributed by atoms with Crippen LogP contribution in [-0.2, 0) is 12.5 Å². The second-order valence-corrected chi connectivity index (χ2v) is 7.73. The maximum Gasteiger partial charge on any atom is 0.274 e. The molecule has 0 aliphatic carbocycles. The number of halogens is 3. The predicted octanol–water partition coefficient (Wildman–Crippen LogP) is 6.26. The van der Waals surface area contributed by atoms with Gasteiger partial charge in [-0.25, -0.2) is 13.2 Å². The van der Waals surface area contributed by atoms with Gasteiger partial charge < -0.3 is 4.90 Å². The predicted molar refractivity (Wildman–Crippen MR) is 106 cm³/mol. The summed E-state index contributed by atoms with van der Waals surface area (Å²) in [6, 6.07) is 12.8. The minimum absolute atomic E-state index is 0.140. The van der Waals surface area contributed by atoms with Gasteiger partial charge in [-0.3, -0.25) is 0 Å². The molecule has 0 radical (unpaired) electrons. The number of benzene rings is 2. The van der Waals surface area contributed by atoms with Crippen molar-refractivity contribution in [2.75, 3.05) is 12.3 Å². The van der Waals surface area contributed by atoms with Crippen molar-refractivity contribution in [3.05, 3.63) is 94.3 Å². The zero-order valence-corrected chi connectivity index (χ0v) is 16.0. The van der Waals surface area contributed by atoms with Crippen LogP contribution in [0.2, 0.25) is 0 Å². The van der Waals surface area contributed by atoms with Crippen molar-refractivity contribution in [1.82, 2.24) is 4.90 Å². The van der Waals surface area contributed by atoms with E-state index in [-0.39, 0.29) is 17.7 Å². The van der Waals surface area contributed by atoms with Crippen LogP contribution in [0.4, 0.5) is 13.2 Å². The molecule has 5 heteroatoms.